The number of nitrogens with zero attached hydrogens (tertiary/aromatic N) is 1. The molecule has 1 aliphatic rings. The van der Waals surface area contributed by atoms with E-state index in [0.29, 0.717) is 29.7 Å². The van der Waals surface area contributed by atoms with Crippen LogP contribution < -0.4 is 14.8 Å². The van der Waals surface area contributed by atoms with E-state index < -0.39 is 10.8 Å². The van der Waals surface area contributed by atoms with Crippen LogP contribution in [0.15, 0.2) is 30.3 Å². The number of carbonyl (C=O) groups is 1. The molecule has 0 aliphatic carbocycles. The molecule has 1 amide bonds. The molecule has 1 heterocycles. The van der Waals surface area contributed by atoms with E-state index in [2.05, 4.69) is 5.32 Å². The van der Waals surface area contributed by atoms with Crippen LogP contribution in [0.1, 0.15) is 15.9 Å². The van der Waals surface area contributed by atoms with Crippen LogP contribution in [0.5, 0.6) is 11.5 Å². The molecule has 0 saturated heterocycles. The third-order valence-corrected chi connectivity index (χ3v) is 3.94. The van der Waals surface area contributed by atoms with Gasteiger partial charge in [-0.05, 0) is 24.6 Å². The van der Waals surface area contributed by atoms with E-state index in [4.69, 9.17) is 21.1 Å². The summed E-state index contributed by atoms with van der Waals surface area (Å²) in [7, 11) is 0. The molecule has 0 spiro atoms. The number of amides is 1. The largest absolute Gasteiger partial charge is 0.486 e. The predicted molar refractivity (Wildman–Crippen MR) is 88.2 cm³/mol. The number of aryl methyl sites for hydroxylation is 1. The average Bonchev–Trinajstić information content (AvgIpc) is 2.57. The van der Waals surface area contributed by atoms with Crippen molar-refractivity contribution in [2.75, 3.05) is 18.5 Å². The molecule has 3 rings (SSSR count). The summed E-state index contributed by atoms with van der Waals surface area (Å²) in [5, 5.41) is 14.4. The Labute approximate surface area is 142 Å². The maximum atomic E-state index is 12.5. The van der Waals surface area contributed by atoms with Crippen molar-refractivity contribution in [2.45, 2.75) is 6.92 Å². The number of ether oxygens (including phenoxy) is 2. The van der Waals surface area contributed by atoms with E-state index in [0.717, 1.165) is 5.56 Å². The first-order chi connectivity index (χ1) is 11.5. The van der Waals surface area contributed by atoms with E-state index in [1.807, 2.05) is 6.92 Å². The minimum Gasteiger partial charge on any atom is -0.486 e. The topological polar surface area (TPSA) is 90.7 Å². The number of hydrogen-bond donors (Lipinski definition) is 1. The van der Waals surface area contributed by atoms with Crippen molar-refractivity contribution in [3.8, 4) is 11.5 Å². The van der Waals surface area contributed by atoms with Crippen molar-refractivity contribution in [3.63, 3.8) is 0 Å². The predicted octanol–water partition coefficient (Wildman–Crippen LogP) is 3.58. The van der Waals surface area contributed by atoms with Gasteiger partial charge in [-0.15, -0.1) is 0 Å². The second kappa shape index (κ2) is 6.37. The molecule has 0 fully saturated rings. The van der Waals surface area contributed by atoms with E-state index in [1.54, 1.807) is 18.2 Å². The van der Waals surface area contributed by atoms with Crippen molar-refractivity contribution < 1.29 is 19.2 Å². The number of anilines is 1. The van der Waals surface area contributed by atoms with Gasteiger partial charge in [0.05, 0.1) is 11.0 Å². The lowest BCUT2D eigenvalue weighted by atomic mass is 10.1. The van der Waals surface area contributed by atoms with Gasteiger partial charge in [0.15, 0.2) is 11.5 Å². The lowest BCUT2D eigenvalue weighted by Crippen LogP contribution is -2.18. The summed E-state index contributed by atoms with van der Waals surface area (Å²) in [4.78, 5) is 23.1. The van der Waals surface area contributed by atoms with E-state index >= 15 is 0 Å². The molecule has 7 nitrogen and oxygen atoms in total. The van der Waals surface area contributed by atoms with Crippen LogP contribution in [0.4, 0.5) is 11.4 Å². The molecule has 0 unspecified atom stereocenters. The number of nitro benzene ring substituents is 1. The molecule has 124 valence electrons. The monoisotopic (exact) mass is 348 g/mol. The first-order valence-corrected chi connectivity index (χ1v) is 7.49. The van der Waals surface area contributed by atoms with Crippen LogP contribution in [0.3, 0.4) is 0 Å². The van der Waals surface area contributed by atoms with Crippen molar-refractivity contribution >= 4 is 28.9 Å². The van der Waals surface area contributed by atoms with Gasteiger partial charge in [0.25, 0.3) is 11.6 Å². The minimum absolute atomic E-state index is 0.110. The SMILES string of the molecule is Cc1ccc(NC(=O)c2cc3c(cc2[N+](=O)[O-])OCCO3)cc1Cl. The molecular formula is C16H13ClN2O5. The van der Waals surface area contributed by atoms with Gasteiger partial charge < -0.3 is 14.8 Å². The van der Waals surface area contributed by atoms with Crippen molar-refractivity contribution in [1.82, 2.24) is 0 Å². The fourth-order valence-corrected chi connectivity index (χ4v) is 2.46. The second-order valence-corrected chi connectivity index (χ2v) is 5.60. The molecule has 0 bridgehead atoms. The van der Waals surface area contributed by atoms with Gasteiger partial charge in [0.2, 0.25) is 0 Å². The number of halogens is 1. The highest BCUT2D eigenvalue weighted by molar-refractivity contribution is 6.31. The van der Waals surface area contributed by atoms with Crippen LogP contribution in [0.2, 0.25) is 5.02 Å². The highest BCUT2D eigenvalue weighted by atomic mass is 35.5. The Kier molecular flexibility index (Phi) is 4.26. The average molecular weight is 349 g/mol. The standard InChI is InChI=1S/C16H13ClN2O5/c1-9-2-3-10(6-12(9)17)18-16(20)11-7-14-15(24-5-4-23-14)8-13(11)19(21)22/h2-3,6-8H,4-5H2,1H3,(H,18,20). The van der Waals surface area contributed by atoms with Crippen molar-refractivity contribution in [3.05, 3.63) is 56.6 Å². The quantitative estimate of drug-likeness (QED) is 0.676. The number of rotatable bonds is 3. The van der Waals surface area contributed by atoms with E-state index in [9.17, 15) is 14.9 Å². The number of nitro groups is 1. The number of carbonyl (C=O) groups excluding carboxylic acids is 1. The van der Waals surface area contributed by atoms with E-state index in [-0.39, 0.29) is 17.0 Å². The second-order valence-electron chi connectivity index (χ2n) is 5.19. The van der Waals surface area contributed by atoms with Crippen LogP contribution in [-0.2, 0) is 0 Å². The van der Waals surface area contributed by atoms with Crippen LogP contribution in [0.25, 0.3) is 0 Å². The Morgan fingerprint density at radius 1 is 1.21 bits per heavy atom. The van der Waals surface area contributed by atoms with Crippen LogP contribution >= 0.6 is 11.6 Å². The van der Waals surface area contributed by atoms with Crippen LogP contribution in [-0.4, -0.2) is 24.0 Å². The fraction of sp³-hybridized carbons (Fsp3) is 0.188. The summed E-state index contributed by atoms with van der Waals surface area (Å²) < 4.78 is 10.7. The molecule has 0 aromatic heterocycles. The summed E-state index contributed by atoms with van der Waals surface area (Å²) in [6, 6.07) is 7.51. The Balaban J connectivity index is 1.96. The summed E-state index contributed by atoms with van der Waals surface area (Å²) in [6.07, 6.45) is 0. The zero-order valence-electron chi connectivity index (χ0n) is 12.7. The number of hydrogen-bond acceptors (Lipinski definition) is 5. The molecule has 2 aromatic rings. The van der Waals surface area contributed by atoms with E-state index in [1.165, 1.54) is 12.1 Å². The summed E-state index contributed by atoms with van der Waals surface area (Å²) in [5.74, 6) is -0.0691. The number of fused-ring (bicyclic) bond motifs is 1. The third kappa shape index (κ3) is 3.11. The Hall–Kier alpha value is -2.80. The fourth-order valence-electron chi connectivity index (χ4n) is 2.28. The highest BCUT2D eigenvalue weighted by Gasteiger charge is 2.26. The molecule has 24 heavy (non-hydrogen) atoms. The molecular weight excluding hydrogens is 336 g/mol. The maximum absolute atomic E-state index is 12.5. The van der Waals surface area contributed by atoms with Gasteiger partial charge in [-0.25, -0.2) is 0 Å². The summed E-state index contributed by atoms with van der Waals surface area (Å²) in [6.45, 7) is 2.45. The van der Waals surface area contributed by atoms with Crippen LogP contribution in [0, 0.1) is 17.0 Å². The first-order valence-electron chi connectivity index (χ1n) is 7.11. The van der Waals surface area contributed by atoms with Gasteiger partial charge in [-0.1, -0.05) is 17.7 Å². The smallest absolute Gasteiger partial charge is 0.286 e. The lowest BCUT2D eigenvalue weighted by molar-refractivity contribution is -0.385. The molecule has 0 atom stereocenters. The zero-order valence-corrected chi connectivity index (χ0v) is 13.4. The van der Waals surface area contributed by atoms with Gasteiger partial charge in [0, 0.05) is 16.8 Å². The van der Waals surface area contributed by atoms with Crippen molar-refractivity contribution in [2.24, 2.45) is 0 Å². The van der Waals surface area contributed by atoms with Crippen molar-refractivity contribution in [1.29, 1.82) is 0 Å². The Morgan fingerprint density at radius 3 is 2.50 bits per heavy atom. The minimum atomic E-state index is -0.630. The van der Waals surface area contributed by atoms with Gasteiger partial charge in [0.1, 0.15) is 18.8 Å². The van der Waals surface area contributed by atoms with Gasteiger partial charge in [-0.3, -0.25) is 14.9 Å². The normalized spacial score (nSPS) is 12.6. The molecule has 8 heteroatoms. The molecule has 1 N–H and O–H groups in total. The van der Waals surface area contributed by atoms with Gasteiger partial charge >= 0.3 is 0 Å². The molecule has 1 aliphatic heterocycles. The molecule has 0 saturated carbocycles. The Morgan fingerprint density at radius 2 is 1.88 bits per heavy atom. The molecule has 0 radical (unpaired) electrons. The Bertz CT molecular complexity index is 837. The summed E-state index contributed by atoms with van der Waals surface area (Å²) >= 11 is 6.02. The lowest BCUT2D eigenvalue weighted by Gasteiger charge is -2.19. The number of benzene rings is 2. The first kappa shape index (κ1) is 16.1. The number of nitrogens with one attached hydrogen (secondary N) is 1. The zero-order chi connectivity index (χ0) is 17.3. The third-order valence-electron chi connectivity index (χ3n) is 3.53. The highest BCUT2D eigenvalue weighted by Crippen LogP contribution is 2.37. The maximum Gasteiger partial charge on any atom is 0.286 e. The summed E-state index contributed by atoms with van der Waals surface area (Å²) in [5.41, 5.74) is 0.843. The molecule has 2 aromatic carbocycles. The van der Waals surface area contributed by atoms with Gasteiger partial charge in [-0.2, -0.15) is 0 Å².